The van der Waals surface area contributed by atoms with Crippen molar-refractivity contribution in [3.8, 4) is 11.5 Å². The second-order valence-electron chi connectivity index (χ2n) is 8.11. The highest BCUT2D eigenvalue weighted by Crippen LogP contribution is 2.45. The van der Waals surface area contributed by atoms with Gasteiger partial charge in [0.15, 0.2) is 11.5 Å². The number of carbonyl (C=O) groups excluding carboxylic acids is 1. The van der Waals surface area contributed by atoms with Gasteiger partial charge in [-0.2, -0.15) is 0 Å². The Balaban J connectivity index is 1.69. The molecule has 0 saturated carbocycles. The molecule has 0 radical (unpaired) electrons. The van der Waals surface area contributed by atoms with E-state index >= 15 is 0 Å². The van der Waals surface area contributed by atoms with E-state index in [1.54, 1.807) is 23.1 Å². The lowest BCUT2D eigenvalue weighted by Crippen LogP contribution is -2.41. The number of aromatic carboxylic acids is 1. The van der Waals surface area contributed by atoms with E-state index in [1.165, 1.54) is 12.1 Å². The maximum absolute atomic E-state index is 13.9. The highest BCUT2D eigenvalue weighted by molar-refractivity contribution is 6.43. The van der Waals surface area contributed by atoms with Gasteiger partial charge in [-0.3, -0.25) is 4.79 Å². The molecule has 5 rings (SSSR count). The average Bonchev–Trinajstić information content (AvgIpc) is 2.84. The fourth-order valence-electron chi connectivity index (χ4n) is 4.50. The Hall–Kier alpha value is -2.64. The number of fused-ring (bicyclic) bond motifs is 2. The number of rotatable bonds is 3. The molecule has 1 N–H and O–H groups in total. The number of benzene rings is 3. The zero-order valence-corrected chi connectivity index (χ0v) is 21.0. The van der Waals surface area contributed by atoms with E-state index in [2.05, 4.69) is 0 Å². The molecule has 10 heteroatoms. The zero-order chi connectivity index (χ0) is 24.9. The highest BCUT2D eigenvalue weighted by Gasteiger charge is 2.37. The number of ether oxygens (including phenoxy) is 2. The molecule has 2 aliphatic rings. The molecule has 35 heavy (non-hydrogen) atoms. The smallest absolute Gasteiger partial charge is 0.336 e. The van der Waals surface area contributed by atoms with Gasteiger partial charge >= 0.3 is 5.97 Å². The van der Waals surface area contributed by atoms with Gasteiger partial charge in [-0.15, -0.1) is 0 Å². The fourth-order valence-corrected chi connectivity index (χ4v) is 5.24. The third-order valence-electron chi connectivity index (χ3n) is 6.09. The molecule has 1 amide bonds. The van der Waals surface area contributed by atoms with Gasteiger partial charge in [0.1, 0.15) is 13.2 Å². The van der Waals surface area contributed by atoms with Crippen molar-refractivity contribution >= 4 is 58.3 Å². The van der Waals surface area contributed by atoms with Gasteiger partial charge in [-0.25, -0.2) is 4.79 Å². The van der Waals surface area contributed by atoms with Crippen molar-refractivity contribution < 1.29 is 24.2 Å². The van der Waals surface area contributed by atoms with Gasteiger partial charge in [0.2, 0.25) is 0 Å². The van der Waals surface area contributed by atoms with Crippen molar-refractivity contribution in [2.45, 2.75) is 12.5 Å². The van der Waals surface area contributed by atoms with Crippen LogP contribution < -0.4 is 9.47 Å². The minimum Gasteiger partial charge on any atom is -0.486 e. The van der Waals surface area contributed by atoms with E-state index in [0.717, 1.165) is 11.1 Å². The van der Waals surface area contributed by atoms with Gasteiger partial charge in [0, 0.05) is 6.54 Å². The summed E-state index contributed by atoms with van der Waals surface area (Å²) in [5.74, 6) is -0.611. The highest BCUT2D eigenvalue weighted by atomic mass is 35.5. The monoisotopic (exact) mass is 551 g/mol. The Bertz CT molecular complexity index is 1380. The standard InChI is InChI=1S/C25H17Cl4NO5/c26-17-3-1-2-13(22(17)29)23-14-11-21-20(34-6-7-35-21)8-12(14)4-5-30(23)24(31)15-9-18(27)19(28)10-16(15)25(32)33/h1-3,8-11,23H,4-7H2,(H,32,33). The first-order chi connectivity index (χ1) is 16.8. The summed E-state index contributed by atoms with van der Waals surface area (Å²) in [4.78, 5) is 27.4. The topological polar surface area (TPSA) is 76.1 Å². The van der Waals surface area contributed by atoms with Gasteiger partial charge < -0.3 is 19.5 Å². The lowest BCUT2D eigenvalue weighted by atomic mass is 9.86. The maximum atomic E-state index is 13.9. The number of carbonyl (C=O) groups is 2. The van der Waals surface area contributed by atoms with Gasteiger partial charge in [-0.1, -0.05) is 58.5 Å². The zero-order valence-electron chi connectivity index (χ0n) is 18.0. The van der Waals surface area contributed by atoms with Crippen molar-refractivity contribution in [1.29, 1.82) is 0 Å². The van der Waals surface area contributed by atoms with E-state index in [4.69, 9.17) is 55.9 Å². The van der Waals surface area contributed by atoms with Crippen molar-refractivity contribution in [3.63, 3.8) is 0 Å². The predicted octanol–water partition coefficient (Wildman–Crippen LogP) is 6.56. The summed E-state index contributed by atoms with van der Waals surface area (Å²) in [6.45, 7) is 1.15. The SMILES string of the molecule is O=C(O)c1cc(Cl)c(Cl)cc1C(=O)N1CCc2cc3c(cc2C1c1cccc(Cl)c1Cl)OCCO3. The van der Waals surface area contributed by atoms with Crippen molar-refractivity contribution in [1.82, 2.24) is 4.90 Å². The molecular weight excluding hydrogens is 536 g/mol. The molecule has 3 aromatic rings. The van der Waals surface area contributed by atoms with Crippen LogP contribution in [0.25, 0.3) is 0 Å². The molecule has 3 aromatic carbocycles. The summed E-state index contributed by atoms with van der Waals surface area (Å²) < 4.78 is 11.5. The number of carboxylic acid groups (broad SMARTS) is 1. The van der Waals surface area contributed by atoms with Crippen LogP contribution in [-0.4, -0.2) is 41.6 Å². The van der Waals surface area contributed by atoms with E-state index in [0.29, 0.717) is 46.7 Å². The van der Waals surface area contributed by atoms with Crippen LogP contribution in [0.3, 0.4) is 0 Å². The van der Waals surface area contributed by atoms with Crippen LogP contribution in [0.2, 0.25) is 20.1 Å². The molecule has 0 saturated heterocycles. The summed E-state index contributed by atoms with van der Waals surface area (Å²) in [5, 5.41) is 10.5. The van der Waals surface area contributed by atoms with Crippen LogP contribution in [0.15, 0.2) is 42.5 Å². The third kappa shape index (κ3) is 4.29. The van der Waals surface area contributed by atoms with E-state index < -0.39 is 17.9 Å². The Morgan fingerprint density at radius 2 is 1.51 bits per heavy atom. The number of carboxylic acids is 1. The number of nitrogens with zero attached hydrogens (tertiary/aromatic N) is 1. The molecule has 1 atom stereocenters. The Morgan fingerprint density at radius 3 is 2.20 bits per heavy atom. The normalized spacial score (nSPS) is 16.6. The molecule has 0 aliphatic carbocycles. The van der Waals surface area contributed by atoms with Crippen LogP contribution in [0.4, 0.5) is 0 Å². The first-order valence-electron chi connectivity index (χ1n) is 10.7. The second kappa shape index (κ2) is 9.43. The maximum Gasteiger partial charge on any atom is 0.336 e. The number of amides is 1. The molecule has 180 valence electrons. The molecule has 0 bridgehead atoms. The van der Waals surface area contributed by atoms with E-state index in [1.807, 2.05) is 12.1 Å². The third-order valence-corrected chi connectivity index (χ3v) is 7.65. The molecule has 0 aromatic heterocycles. The first kappa shape index (κ1) is 24.1. The van der Waals surface area contributed by atoms with Crippen molar-refractivity contribution in [3.05, 3.63) is 90.4 Å². The summed E-state index contributed by atoms with van der Waals surface area (Å²) in [6.07, 6.45) is 0.510. The molecule has 6 nitrogen and oxygen atoms in total. The minimum atomic E-state index is -1.29. The molecular formula is C25H17Cl4NO5. The quantitative estimate of drug-likeness (QED) is 0.398. The summed E-state index contributed by atoms with van der Waals surface area (Å²) in [6, 6.07) is 10.8. The molecule has 2 aliphatic heterocycles. The Labute approximate surface area is 220 Å². The first-order valence-corrected chi connectivity index (χ1v) is 12.2. The Kier molecular flexibility index (Phi) is 6.49. The van der Waals surface area contributed by atoms with E-state index in [-0.39, 0.29) is 27.7 Å². The second-order valence-corrected chi connectivity index (χ2v) is 9.71. The molecule has 2 heterocycles. The summed E-state index contributed by atoms with van der Waals surface area (Å²) in [5.41, 5.74) is 2.04. The van der Waals surface area contributed by atoms with Crippen LogP contribution in [-0.2, 0) is 6.42 Å². The molecule has 0 fully saturated rings. The van der Waals surface area contributed by atoms with E-state index in [9.17, 15) is 14.7 Å². The van der Waals surface area contributed by atoms with Crippen LogP contribution in [0.5, 0.6) is 11.5 Å². The Morgan fingerprint density at radius 1 is 0.857 bits per heavy atom. The molecule has 0 spiro atoms. The fraction of sp³-hybridized carbons (Fsp3) is 0.200. The summed E-state index contributed by atoms with van der Waals surface area (Å²) >= 11 is 25.2. The van der Waals surface area contributed by atoms with Crippen LogP contribution >= 0.6 is 46.4 Å². The minimum absolute atomic E-state index is 0.0443. The predicted molar refractivity (Wildman–Crippen MR) is 134 cm³/mol. The van der Waals surface area contributed by atoms with Gasteiger partial charge in [0.05, 0.1) is 37.3 Å². The lowest BCUT2D eigenvalue weighted by Gasteiger charge is -2.39. The molecule has 1 unspecified atom stereocenters. The van der Waals surface area contributed by atoms with Crippen molar-refractivity contribution in [2.75, 3.05) is 19.8 Å². The van der Waals surface area contributed by atoms with Gasteiger partial charge in [0.25, 0.3) is 5.91 Å². The van der Waals surface area contributed by atoms with Crippen LogP contribution in [0, 0.1) is 0 Å². The number of hydrogen-bond acceptors (Lipinski definition) is 4. The largest absolute Gasteiger partial charge is 0.486 e. The van der Waals surface area contributed by atoms with Crippen molar-refractivity contribution in [2.24, 2.45) is 0 Å². The average molecular weight is 553 g/mol. The lowest BCUT2D eigenvalue weighted by molar-refractivity contribution is 0.0652. The van der Waals surface area contributed by atoms with Gasteiger partial charge in [-0.05, 0) is 53.4 Å². The number of hydrogen-bond donors (Lipinski definition) is 1. The summed E-state index contributed by atoms with van der Waals surface area (Å²) in [7, 11) is 0. The number of halogens is 4. The van der Waals surface area contributed by atoms with Crippen LogP contribution in [0.1, 0.15) is 43.4 Å².